The largest absolute Gasteiger partial charge is 0.348 e. The van der Waals surface area contributed by atoms with Crippen LogP contribution in [0.4, 0.5) is 0 Å². The van der Waals surface area contributed by atoms with E-state index in [-0.39, 0.29) is 5.91 Å². The molecule has 1 fully saturated rings. The molecule has 0 aromatic carbocycles. The molecule has 4 nitrogen and oxygen atoms in total. The van der Waals surface area contributed by atoms with Crippen molar-refractivity contribution >= 4 is 17.2 Å². The second-order valence-electron chi connectivity index (χ2n) is 3.41. The van der Waals surface area contributed by atoms with E-state index in [0.29, 0.717) is 18.3 Å². The van der Waals surface area contributed by atoms with Crippen molar-refractivity contribution in [1.82, 2.24) is 10.3 Å². The molecule has 1 aromatic heterocycles. The van der Waals surface area contributed by atoms with Gasteiger partial charge in [-0.15, -0.1) is 11.3 Å². The van der Waals surface area contributed by atoms with Crippen LogP contribution in [0.5, 0.6) is 0 Å². The van der Waals surface area contributed by atoms with Crippen LogP contribution in [0.25, 0.3) is 0 Å². The Balaban J connectivity index is 1.96. The quantitative estimate of drug-likeness (QED) is 0.763. The first-order valence-electron chi connectivity index (χ1n) is 4.75. The summed E-state index contributed by atoms with van der Waals surface area (Å²) in [4.78, 5) is 15.7. The number of carbonyl (C=O) groups is 1. The Morgan fingerprint density at radius 2 is 2.50 bits per heavy atom. The Morgan fingerprint density at radius 3 is 3.14 bits per heavy atom. The summed E-state index contributed by atoms with van der Waals surface area (Å²) in [6.07, 6.45) is 2.96. The summed E-state index contributed by atoms with van der Waals surface area (Å²) in [6.45, 7) is 0.581. The number of carbonyl (C=O) groups excluding carboxylic acids is 1. The van der Waals surface area contributed by atoms with Gasteiger partial charge in [0.25, 0.3) is 5.91 Å². The number of aromatic nitrogens is 1. The lowest BCUT2D eigenvalue weighted by molar-refractivity contribution is 0.0946. The molecule has 2 rings (SSSR count). The summed E-state index contributed by atoms with van der Waals surface area (Å²) < 4.78 is 0. The van der Waals surface area contributed by atoms with Gasteiger partial charge in [0.15, 0.2) is 0 Å². The van der Waals surface area contributed by atoms with Crippen molar-refractivity contribution in [2.75, 3.05) is 6.54 Å². The maximum atomic E-state index is 11.5. The number of hydrogen-bond donors (Lipinski definition) is 2. The Morgan fingerprint density at radius 1 is 1.71 bits per heavy atom. The zero-order chi connectivity index (χ0) is 9.97. The summed E-state index contributed by atoms with van der Waals surface area (Å²) in [6, 6.07) is 0.391. The maximum Gasteiger partial charge on any atom is 0.270 e. The molecule has 1 amide bonds. The van der Waals surface area contributed by atoms with E-state index in [2.05, 4.69) is 10.3 Å². The summed E-state index contributed by atoms with van der Waals surface area (Å²) >= 11 is 1.50. The van der Waals surface area contributed by atoms with Gasteiger partial charge in [-0.2, -0.15) is 0 Å². The topological polar surface area (TPSA) is 68.0 Å². The average Bonchev–Trinajstić information content (AvgIpc) is 2.83. The number of nitrogens with two attached hydrogens (primary N) is 1. The van der Waals surface area contributed by atoms with Crippen molar-refractivity contribution in [3.63, 3.8) is 0 Å². The van der Waals surface area contributed by atoms with Gasteiger partial charge in [-0.05, 0) is 19.4 Å². The molecule has 0 atom stereocenters. The molecule has 1 aromatic rings. The molecular weight excluding hydrogens is 198 g/mol. The molecule has 5 heteroatoms. The zero-order valence-electron chi connectivity index (χ0n) is 7.82. The van der Waals surface area contributed by atoms with E-state index in [9.17, 15) is 4.79 Å². The number of nitrogens with one attached hydrogen (secondary N) is 1. The van der Waals surface area contributed by atoms with Gasteiger partial charge in [0.2, 0.25) is 0 Å². The van der Waals surface area contributed by atoms with E-state index in [1.165, 1.54) is 11.3 Å². The van der Waals surface area contributed by atoms with Gasteiger partial charge in [-0.1, -0.05) is 0 Å². The first kappa shape index (κ1) is 9.61. The lowest BCUT2D eigenvalue weighted by Gasteiger charge is -1.98. The molecule has 1 saturated carbocycles. The highest BCUT2D eigenvalue weighted by atomic mass is 32.1. The van der Waals surface area contributed by atoms with Gasteiger partial charge in [0, 0.05) is 17.8 Å². The van der Waals surface area contributed by atoms with Crippen molar-refractivity contribution in [3.8, 4) is 0 Å². The molecule has 0 saturated heterocycles. The van der Waals surface area contributed by atoms with Crippen molar-refractivity contribution in [3.05, 3.63) is 16.1 Å². The van der Waals surface area contributed by atoms with Gasteiger partial charge in [0.1, 0.15) is 5.69 Å². The molecular formula is C9H13N3OS. The summed E-state index contributed by atoms with van der Waals surface area (Å²) in [5, 5.41) is 5.63. The van der Waals surface area contributed by atoms with Crippen LogP contribution in [0.15, 0.2) is 5.38 Å². The van der Waals surface area contributed by atoms with Crippen LogP contribution >= 0.6 is 11.3 Å². The molecule has 3 N–H and O–H groups in total. The van der Waals surface area contributed by atoms with Gasteiger partial charge < -0.3 is 11.1 Å². The third-order valence-corrected chi connectivity index (χ3v) is 2.96. The molecule has 1 aliphatic rings. The first-order valence-corrected chi connectivity index (χ1v) is 5.63. The van der Waals surface area contributed by atoms with Crippen molar-refractivity contribution in [2.45, 2.75) is 25.3 Å². The fourth-order valence-electron chi connectivity index (χ4n) is 1.14. The molecule has 0 aliphatic heterocycles. The molecule has 76 valence electrons. The van der Waals surface area contributed by atoms with Crippen LogP contribution in [-0.4, -0.2) is 23.5 Å². The van der Waals surface area contributed by atoms with Gasteiger partial charge >= 0.3 is 0 Å². The van der Waals surface area contributed by atoms with Crippen LogP contribution in [0, 0.1) is 0 Å². The summed E-state index contributed by atoms with van der Waals surface area (Å²) in [5.74, 6) is -0.0491. The third kappa shape index (κ3) is 2.30. The molecule has 14 heavy (non-hydrogen) atoms. The predicted molar refractivity (Wildman–Crippen MR) is 55.4 cm³/mol. The van der Waals surface area contributed by atoms with Crippen molar-refractivity contribution in [2.24, 2.45) is 5.73 Å². The van der Waals surface area contributed by atoms with E-state index < -0.39 is 0 Å². The van der Waals surface area contributed by atoms with Crippen LogP contribution in [0.3, 0.4) is 0 Å². The Labute approximate surface area is 86.5 Å². The highest BCUT2D eigenvalue weighted by Gasteiger charge is 2.24. The third-order valence-electron chi connectivity index (χ3n) is 2.06. The molecule has 0 bridgehead atoms. The van der Waals surface area contributed by atoms with E-state index in [1.807, 2.05) is 0 Å². The van der Waals surface area contributed by atoms with Crippen molar-refractivity contribution < 1.29 is 4.79 Å². The minimum absolute atomic E-state index is 0.0491. The normalized spacial score (nSPS) is 15.5. The number of hydrogen-bond acceptors (Lipinski definition) is 4. The smallest absolute Gasteiger partial charge is 0.270 e. The van der Waals surface area contributed by atoms with Gasteiger partial charge in [0.05, 0.1) is 5.01 Å². The Bertz CT molecular complexity index is 333. The van der Waals surface area contributed by atoms with Crippen LogP contribution in [0.2, 0.25) is 0 Å². The second-order valence-corrected chi connectivity index (χ2v) is 4.36. The fourth-order valence-corrected chi connectivity index (χ4v) is 1.93. The lowest BCUT2D eigenvalue weighted by Crippen LogP contribution is -2.25. The number of rotatable bonds is 4. The number of amides is 1. The minimum Gasteiger partial charge on any atom is -0.348 e. The molecule has 1 heterocycles. The first-order chi connectivity index (χ1) is 6.79. The SMILES string of the molecule is NCCc1nc(C(=O)NC2CC2)cs1. The zero-order valence-corrected chi connectivity index (χ0v) is 8.64. The predicted octanol–water partition coefficient (Wildman–Crippen LogP) is 0.536. The monoisotopic (exact) mass is 211 g/mol. The molecule has 0 unspecified atom stereocenters. The lowest BCUT2D eigenvalue weighted by atomic mass is 10.4. The highest BCUT2D eigenvalue weighted by Crippen LogP contribution is 2.19. The summed E-state index contributed by atoms with van der Waals surface area (Å²) in [7, 11) is 0. The minimum atomic E-state index is -0.0491. The highest BCUT2D eigenvalue weighted by molar-refractivity contribution is 7.09. The Kier molecular flexibility index (Phi) is 2.79. The van der Waals surface area contributed by atoms with Crippen LogP contribution in [-0.2, 0) is 6.42 Å². The van der Waals surface area contributed by atoms with Crippen LogP contribution < -0.4 is 11.1 Å². The van der Waals surface area contributed by atoms with E-state index in [1.54, 1.807) is 5.38 Å². The van der Waals surface area contributed by atoms with Gasteiger partial charge in [-0.3, -0.25) is 4.79 Å². The van der Waals surface area contributed by atoms with E-state index >= 15 is 0 Å². The van der Waals surface area contributed by atoms with E-state index in [4.69, 9.17) is 5.73 Å². The number of thiazole rings is 1. The molecule has 0 spiro atoms. The van der Waals surface area contributed by atoms with Gasteiger partial charge in [-0.25, -0.2) is 4.98 Å². The molecule has 0 radical (unpaired) electrons. The fraction of sp³-hybridized carbons (Fsp3) is 0.556. The maximum absolute atomic E-state index is 11.5. The summed E-state index contributed by atoms with van der Waals surface area (Å²) in [5.41, 5.74) is 5.94. The average molecular weight is 211 g/mol. The number of nitrogens with zero attached hydrogens (tertiary/aromatic N) is 1. The van der Waals surface area contributed by atoms with Crippen LogP contribution in [0.1, 0.15) is 28.3 Å². The Hall–Kier alpha value is -0.940. The molecule has 1 aliphatic carbocycles. The second kappa shape index (κ2) is 4.06. The standard InChI is InChI=1S/C9H13N3OS/c10-4-3-8-12-7(5-14-8)9(13)11-6-1-2-6/h5-6H,1-4,10H2,(H,11,13). The van der Waals surface area contributed by atoms with Crippen molar-refractivity contribution in [1.29, 1.82) is 0 Å². The van der Waals surface area contributed by atoms with E-state index in [0.717, 1.165) is 24.3 Å².